The SMILES string of the molecule is CCc1nc(N)sc1C(=O)NN=Cc1ccc(OCc2cccc(Cl)c2)c(OC)c1. The molecule has 156 valence electrons. The lowest BCUT2D eigenvalue weighted by atomic mass is 10.2. The van der Waals surface area contributed by atoms with E-state index in [0.29, 0.717) is 45.3 Å². The summed E-state index contributed by atoms with van der Waals surface area (Å²) < 4.78 is 11.2. The average Bonchev–Trinajstić information content (AvgIpc) is 3.13. The predicted octanol–water partition coefficient (Wildman–Crippen LogP) is 4.29. The van der Waals surface area contributed by atoms with Crippen molar-refractivity contribution in [3.63, 3.8) is 0 Å². The van der Waals surface area contributed by atoms with Crippen LogP contribution >= 0.6 is 22.9 Å². The summed E-state index contributed by atoms with van der Waals surface area (Å²) in [6.45, 7) is 2.27. The first kappa shape index (κ1) is 21.6. The van der Waals surface area contributed by atoms with Crippen LogP contribution in [0.25, 0.3) is 0 Å². The zero-order valence-corrected chi connectivity index (χ0v) is 18.1. The van der Waals surface area contributed by atoms with E-state index in [4.69, 9.17) is 26.8 Å². The number of halogens is 1. The topological polar surface area (TPSA) is 98.8 Å². The fourth-order valence-electron chi connectivity index (χ4n) is 2.67. The first-order valence-corrected chi connectivity index (χ1v) is 10.3. The molecule has 30 heavy (non-hydrogen) atoms. The number of hydrogen-bond donors (Lipinski definition) is 2. The van der Waals surface area contributed by atoms with Gasteiger partial charge in [-0.15, -0.1) is 0 Å². The summed E-state index contributed by atoms with van der Waals surface area (Å²) in [5.41, 5.74) is 10.5. The van der Waals surface area contributed by atoms with Gasteiger partial charge in [-0.3, -0.25) is 4.79 Å². The van der Waals surface area contributed by atoms with Crippen LogP contribution in [0.15, 0.2) is 47.6 Å². The van der Waals surface area contributed by atoms with Gasteiger partial charge in [0.15, 0.2) is 16.6 Å². The summed E-state index contributed by atoms with van der Waals surface area (Å²) in [6.07, 6.45) is 2.14. The van der Waals surface area contributed by atoms with Gasteiger partial charge < -0.3 is 15.2 Å². The predicted molar refractivity (Wildman–Crippen MR) is 120 cm³/mol. The Kier molecular flexibility index (Phi) is 7.26. The molecule has 0 fully saturated rings. The maximum atomic E-state index is 12.3. The van der Waals surface area contributed by atoms with Crippen molar-refractivity contribution >= 4 is 40.2 Å². The Hall–Kier alpha value is -3.10. The zero-order chi connectivity index (χ0) is 21.5. The normalized spacial score (nSPS) is 10.9. The first-order valence-electron chi connectivity index (χ1n) is 9.14. The number of ether oxygens (including phenoxy) is 2. The maximum Gasteiger partial charge on any atom is 0.283 e. The number of aromatic nitrogens is 1. The lowest BCUT2D eigenvalue weighted by Gasteiger charge is -2.11. The number of nitrogens with zero attached hydrogens (tertiary/aromatic N) is 2. The van der Waals surface area contributed by atoms with E-state index in [1.807, 2.05) is 37.3 Å². The van der Waals surface area contributed by atoms with E-state index >= 15 is 0 Å². The van der Waals surface area contributed by atoms with Crippen LogP contribution in [0, 0.1) is 0 Å². The van der Waals surface area contributed by atoms with Gasteiger partial charge in [0.1, 0.15) is 11.5 Å². The van der Waals surface area contributed by atoms with Crippen LogP contribution in [0.2, 0.25) is 5.02 Å². The molecule has 9 heteroatoms. The molecule has 3 rings (SSSR count). The zero-order valence-electron chi connectivity index (χ0n) is 16.5. The number of methoxy groups -OCH3 is 1. The summed E-state index contributed by atoms with van der Waals surface area (Å²) in [5, 5.41) is 5.03. The molecular formula is C21H21ClN4O3S. The number of carbonyl (C=O) groups excluding carboxylic acids is 1. The minimum Gasteiger partial charge on any atom is -0.493 e. The van der Waals surface area contributed by atoms with E-state index < -0.39 is 0 Å². The molecule has 0 aliphatic rings. The second-order valence-corrected chi connectivity index (χ2v) is 7.68. The highest BCUT2D eigenvalue weighted by Crippen LogP contribution is 2.28. The molecule has 1 aromatic heterocycles. The number of carbonyl (C=O) groups is 1. The number of nitrogen functional groups attached to an aromatic ring is 1. The lowest BCUT2D eigenvalue weighted by molar-refractivity contribution is 0.0958. The van der Waals surface area contributed by atoms with Gasteiger partial charge in [-0.05, 0) is 47.9 Å². The number of hydrazone groups is 1. The second kappa shape index (κ2) is 10.1. The third-order valence-corrected chi connectivity index (χ3v) is 5.27. The van der Waals surface area contributed by atoms with E-state index in [2.05, 4.69) is 15.5 Å². The van der Waals surface area contributed by atoms with E-state index in [0.717, 1.165) is 22.5 Å². The van der Waals surface area contributed by atoms with Gasteiger partial charge in [-0.1, -0.05) is 42.0 Å². The van der Waals surface area contributed by atoms with E-state index in [-0.39, 0.29) is 5.91 Å². The van der Waals surface area contributed by atoms with Crippen LogP contribution in [-0.2, 0) is 13.0 Å². The first-order chi connectivity index (χ1) is 14.5. The summed E-state index contributed by atoms with van der Waals surface area (Å²) in [4.78, 5) is 16.9. The molecule has 0 saturated carbocycles. The van der Waals surface area contributed by atoms with Crippen LogP contribution in [0.4, 0.5) is 5.13 Å². The number of nitrogens with two attached hydrogens (primary N) is 1. The number of nitrogens with one attached hydrogen (secondary N) is 1. The molecule has 0 unspecified atom stereocenters. The minimum atomic E-state index is -0.342. The summed E-state index contributed by atoms with van der Waals surface area (Å²) in [5.74, 6) is 0.799. The van der Waals surface area contributed by atoms with Crippen molar-refractivity contribution in [1.82, 2.24) is 10.4 Å². The van der Waals surface area contributed by atoms with Crippen LogP contribution < -0.4 is 20.6 Å². The minimum absolute atomic E-state index is 0.342. The van der Waals surface area contributed by atoms with Crippen LogP contribution in [0.1, 0.15) is 33.4 Å². The molecule has 7 nitrogen and oxygen atoms in total. The Labute approximate surface area is 183 Å². The Morgan fingerprint density at radius 3 is 2.87 bits per heavy atom. The molecule has 2 aromatic carbocycles. The van der Waals surface area contributed by atoms with Crippen molar-refractivity contribution in [1.29, 1.82) is 0 Å². The second-order valence-electron chi connectivity index (χ2n) is 6.21. The van der Waals surface area contributed by atoms with Gasteiger partial charge in [0.25, 0.3) is 5.91 Å². The molecule has 0 atom stereocenters. The summed E-state index contributed by atoms with van der Waals surface area (Å²) in [7, 11) is 1.56. The molecule has 1 heterocycles. The van der Waals surface area contributed by atoms with Crippen LogP contribution in [0.5, 0.6) is 11.5 Å². The Morgan fingerprint density at radius 1 is 1.30 bits per heavy atom. The molecule has 0 saturated heterocycles. The van der Waals surface area contributed by atoms with Crippen molar-refractivity contribution in [3.8, 4) is 11.5 Å². The molecule has 3 aromatic rings. The number of amides is 1. The van der Waals surface area contributed by atoms with Crippen molar-refractivity contribution in [2.75, 3.05) is 12.8 Å². The third-order valence-electron chi connectivity index (χ3n) is 4.11. The monoisotopic (exact) mass is 444 g/mol. The van der Waals surface area contributed by atoms with E-state index in [9.17, 15) is 4.79 Å². The smallest absolute Gasteiger partial charge is 0.283 e. The van der Waals surface area contributed by atoms with Crippen molar-refractivity contribution in [2.45, 2.75) is 20.0 Å². The number of anilines is 1. The summed E-state index contributed by atoms with van der Waals surface area (Å²) in [6, 6.07) is 12.8. The number of hydrogen-bond acceptors (Lipinski definition) is 7. The molecule has 3 N–H and O–H groups in total. The Bertz CT molecular complexity index is 1070. The highest BCUT2D eigenvalue weighted by Gasteiger charge is 2.15. The number of thiazole rings is 1. The molecule has 0 aliphatic carbocycles. The highest BCUT2D eigenvalue weighted by atomic mass is 35.5. The highest BCUT2D eigenvalue weighted by molar-refractivity contribution is 7.17. The standard InChI is InChI=1S/C21H21ClN4O3S/c1-3-16-19(30-21(23)25-16)20(27)26-24-11-13-7-8-17(18(10-13)28-2)29-12-14-5-4-6-15(22)9-14/h4-11H,3,12H2,1-2H3,(H2,23,25)(H,26,27). The fraction of sp³-hybridized carbons (Fsp3) is 0.190. The largest absolute Gasteiger partial charge is 0.493 e. The van der Waals surface area contributed by atoms with E-state index in [1.54, 1.807) is 19.2 Å². The average molecular weight is 445 g/mol. The van der Waals surface area contributed by atoms with Gasteiger partial charge in [-0.25, -0.2) is 10.4 Å². The lowest BCUT2D eigenvalue weighted by Crippen LogP contribution is -2.17. The number of rotatable bonds is 8. The number of aryl methyl sites for hydroxylation is 1. The number of benzene rings is 2. The van der Waals surface area contributed by atoms with E-state index in [1.165, 1.54) is 6.21 Å². The maximum absolute atomic E-state index is 12.3. The van der Waals surface area contributed by atoms with Gasteiger partial charge in [0.2, 0.25) is 0 Å². The van der Waals surface area contributed by atoms with Crippen LogP contribution in [-0.4, -0.2) is 24.2 Å². The Balaban J connectivity index is 1.64. The van der Waals surface area contributed by atoms with Gasteiger partial charge >= 0.3 is 0 Å². The third kappa shape index (κ3) is 5.49. The molecule has 0 spiro atoms. The van der Waals surface area contributed by atoms with Crippen molar-refractivity contribution < 1.29 is 14.3 Å². The van der Waals surface area contributed by atoms with Crippen molar-refractivity contribution in [2.24, 2.45) is 5.10 Å². The fourth-order valence-corrected chi connectivity index (χ4v) is 3.70. The van der Waals surface area contributed by atoms with Gasteiger partial charge in [0.05, 0.1) is 19.0 Å². The summed E-state index contributed by atoms with van der Waals surface area (Å²) >= 11 is 7.14. The van der Waals surface area contributed by atoms with Gasteiger partial charge in [0, 0.05) is 5.02 Å². The Morgan fingerprint density at radius 2 is 2.13 bits per heavy atom. The quantitative estimate of drug-likeness (QED) is 0.398. The molecular weight excluding hydrogens is 424 g/mol. The molecule has 1 amide bonds. The van der Waals surface area contributed by atoms with Crippen molar-refractivity contribution in [3.05, 3.63) is 69.2 Å². The molecule has 0 bridgehead atoms. The molecule has 0 radical (unpaired) electrons. The molecule has 0 aliphatic heterocycles. The van der Waals surface area contributed by atoms with Crippen LogP contribution in [0.3, 0.4) is 0 Å². The van der Waals surface area contributed by atoms with Gasteiger partial charge in [-0.2, -0.15) is 5.10 Å².